The number of carbonyl (C=O) groups is 3. The van der Waals surface area contributed by atoms with Gasteiger partial charge in [-0.3, -0.25) is 14.5 Å². The third kappa shape index (κ3) is 3.58. The van der Waals surface area contributed by atoms with Crippen molar-refractivity contribution in [2.75, 3.05) is 13.2 Å². The summed E-state index contributed by atoms with van der Waals surface area (Å²) in [6, 6.07) is 8.49. The standard InChI is InChI=1S/C19H25N3O3/c1-4-21-17(23)18(24)22(19(21)25)12-20(16-9-10-16)11-14-5-7-15(8-6-14)13(2)3/h5-8,13,16H,4,9-12H2,1-3H3/p+1. The number of quaternary nitrogens is 1. The summed E-state index contributed by atoms with van der Waals surface area (Å²) >= 11 is 0. The van der Waals surface area contributed by atoms with Gasteiger partial charge in [0.15, 0.2) is 6.67 Å². The zero-order chi connectivity index (χ0) is 18.1. The molecule has 2 fully saturated rings. The number of carbonyl (C=O) groups excluding carboxylic acids is 3. The second-order valence-corrected chi connectivity index (χ2v) is 7.23. The number of hydrogen-bond acceptors (Lipinski definition) is 3. The highest BCUT2D eigenvalue weighted by atomic mass is 16.2. The van der Waals surface area contributed by atoms with Crippen molar-refractivity contribution in [1.82, 2.24) is 9.80 Å². The van der Waals surface area contributed by atoms with Crippen LogP contribution in [0.1, 0.15) is 50.7 Å². The van der Waals surface area contributed by atoms with Crippen LogP contribution in [0, 0.1) is 0 Å². The molecule has 6 heteroatoms. The molecular weight excluding hydrogens is 318 g/mol. The van der Waals surface area contributed by atoms with E-state index in [9.17, 15) is 14.4 Å². The van der Waals surface area contributed by atoms with Crippen molar-refractivity contribution >= 4 is 17.8 Å². The summed E-state index contributed by atoms with van der Waals surface area (Å²) in [4.78, 5) is 39.6. The highest BCUT2D eigenvalue weighted by Gasteiger charge is 2.47. The fourth-order valence-electron chi connectivity index (χ4n) is 3.28. The minimum Gasteiger partial charge on any atom is -0.311 e. The van der Waals surface area contributed by atoms with Crippen LogP contribution in [0.15, 0.2) is 24.3 Å². The average Bonchev–Trinajstić information content (AvgIpc) is 3.40. The summed E-state index contributed by atoms with van der Waals surface area (Å²) in [6.45, 7) is 7.27. The van der Waals surface area contributed by atoms with Crippen molar-refractivity contribution in [3.63, 3.8) is 0 Å². The lowest BCUT2D eigenvalue weighted by Gasteiger charge is -2.23. The predicted molar refractivity (Wildman–Crippen MR) is 92.7 cm³/mol. The Morgan fingerprint density at radius 1 is 1.04 bits per heavy atom. The Balaban J connectivity index is 1.71. The number of nitrogens with zero attached hydrogens (tertiary/aromatic N) is 2. The van der Waals surface area contributed by atoms with Gasteiger partial charge in [-0.1, -0.05) is 38.1 Å². The van der Waals surface area contributed by atoms with Crippen LogP contribution in [0.25, 0.3) is 0 Å². The van der Waals surface area contributed by atoms with Crippen LogP contribution in [0.2, 0.25) is 0 Å². The lowest BCUT2D eigenvalue weighted by molar-refractivity contribution is -0.931. The van der Waals surface area contributed by atoms with E-state index in [4.69, 9.17) is 0 Å². The largest absolute Gasteiger partial charge is 0.338 e. The van der Waals surface area contributed by atoms with E-state index >= 15 is 0 Å². The first-order valence-corrected chi connectivity index (χ1v) is 9.03. The van der Waals surface area contributed by atoms with Crippen molar-refractivity contribution in [2.45, 2.75) is 52.1 Å². The SMILES string of the molecule is CCN1C(=O)C(=O)N(C[NH+](Cc2ccc(C(C)C)cc2)C2CC2)C1=O. The van der Waals surface area contributed by atoms with Gasteiger partial charge < -0.3 is 4.90 Å². The fraction of sp³-hybridized carbons (Fsp3) is 0.526. The maximum absolute atomic E-state index is 12.3. The Bertz CT molecular complexity index is 680. The number of nitrogens with one attached hydrogen (secondary N) is 1. The van der Waals surface area contributed by atoms with Gasteiger partial charge in [-0.25, -0.2) is 9.69 Å². The van der Waals surface area contributed by atoms with E-state index in [-0.39, 0.29) is 13.2 Å². The molecule has 0 bridgehead atoms. The van der Waals surface area contributed by atoms with Crippen molar-refractivity contribution in [2.24, 2.45) is 0 Å². The molecule has 1 aromatic rings. The molecule has 6 nitrogen and oxygen atoms in total. The molecule has 1 saturated carbocycles. The first kappa shape index (κ1) is 17.6. The molecule has 1 atom stereocenters. The third-order valence-corrected chi connectivity index (χ3v) is 5.04. The van der Waals surface area contributed by atoms with E-state index in [0.717, 1.165) is 29.2 Å². The summed E-state index contributed by atoms with van der Waals surface area (Å²) in [5.74, 6) is -0.907. The van der Waals surface area contributed by atoms with E-state index in [1.807, 2.05) is 0 Å². The molecule has 0 radical (unpaired) electrons. The van der Waals surface area contributed by atoms with Crippen LogP contribution < -0.4 is 4.90 Å². The van der Waals surface area contributed by atoms with Crippen molar-refractivity contribution < 1.29 is 19.3 Å². The first-order valence-electron chi connectivity index (χ1n) is 9.03. The fourth-order valence-corrected chi connectivity index (χ4v) is 3.28. The highest BCUT2D eigenvalue weighted by molar-refractivity contribution is 6.44. The zero-order valence-electron chi connectivity index (χ0n) is 15.1. The molecule has 0 aromatic heterocycles. The molecule has 1 aliphatic carbocycles. The topological polar surface area (TPSA) is 62.1 Å². The molecule has 1 heterocycles. The summed E-state index contributed by atoms with van der Waals surface area (Å²) < 4.78 is 0. The Labute approximate surface area is 148 Å². The number of rotatable bonds is 7. The van der Waals surface area contributed by atoms with Gasteiger partial charge >= 0.3 is 17.8 Å². The maximum Gasteiger partial charge on any atom is 0.338 e. The molecule has 1 N–H and O–H groups in total. The number of amides is 4. The quantitative estimate of drug-likeness (QED) is 0.596. The van der Waals surface area contributed by atoms with Gasteiger partial charge in [-0.2, -0.15) is 0 Å². The predicted octanol–water partition coefficient (Wildman–Crippen LogP) is 1.13. The highest BCUT2D eigenvalue weighted by Crippen LogP contribution is 2.18. The summed E-state index contributed by atoms with van der Waals surface area (Å²) in [5.41, 5.74) is 2.48. The van der Waals surface area contributed by atoms with Gasteiger partial charge in [0.1, 0.15) is 6.54 Å². The van der Waals surface area contributed by atoms with E-state index in [1.54, 1.807) is 6.92 Å². The van der Waals surface area contributed by atoms with Crippen LogP contribution in [0.4, 0.5) is 4.79 Å². The van der Waals surface area contributed by atoms with Crippen molar-refractivity contribution in [3.05, 3.63) is 35.4 Å². The Kier molecular flexibility index (Phi) is 4.90. The monoisotopic (exact) mass is 344 g/mol. The van der Waals surface area contributed by atoms with Crippen LogP contribution in [-0.2, 0) is 16.1 Å². The van der Waals surface area contributed by atoms with Gasteiger partial charge in [-0.15, -0.1) is 0 Å². The lowest BCUT2D eigenvalue weighted by atomic mass is 10.0. The van der Waals surface area contributed by atoms with Gasteiger partial charge in [0, 0.05) is 24.9 Å². The molecule has 2 aliphatic rings. The van der Waals surface area contributed by atoms with Crippen molar-refractivity contribution in [1.29, 1.82) is 0 Å². The lowest BCUT2D eigenvalue weighted by Crippen LogP contribution is -3.13. The normalized spacial score (nSPS) is 19.3. The van der Waals surface area contributed by atoms with Gasteiger partial charge in [0.2, 0.25) is 0 Å². The number of imide groups is 2. The summed E-state index contributed by atoms with van der Waals surface area (Å²) in [7, 11) is 0. The van der Waals surface area contributed by atoms with Crippen LogP contribution >= 0.6 is 0 Å². The molecule has 0 spiro atoms. The molecule has 3 rings (SSSR count). The molecule has 1 saturated heterocycles. The minimum absolute atomic E-state index is 0.231. The van der Waals surface area contributed by atoms with E-state index in [1.165, 1.54) is 16.0 Å². The van der Waals surface area contributed by atoms with Crippen LogP contribution in [0.5, 0.6) is 0 Å². The van der Waals surface area contributed by atoms with Crippen LogP contribution in [-0.4, -0.2) is 46.9 Å². The summed E-state index contributed by atoms with van der Waals surface area (Å²) in [5, 5.41) is 0. The van der Waals surface area contributed by atoms with Gasteiger partial charge in [0.05, 0.1) is 6.04 Å². The second-order valence-electron chi connectivity index (χ2n) is 7.23. The number of urea groups is 1. The molecule has 134 valence electrons. The molecular formula is C19H26N3O3+. The zero-order valence-corrected chi connectivity index (χ0v) is 15.1. The minimum atomic E-state index is -0.705. The Hall–Kier alpha value is -2.21. The van der Waals surface area contributed by atoms with Gasteiger partial charge in [0.25, 0.3) is 0 Å². The first-order chi connectivity index (χ1) is 11.9. The van der Waals surface area contributed by atoms with E-state index < -0.39 is 17.8 Å². The number of benzene rings is 1. The van der Waals surface area contributed by atoms with E-state index in [0.29, 0.717) is 12.0 Å². The molecule has 4 amide bonds. The van der Waals surface area contributed by atoms with Crippen LogP contribution in [0.3, 0.4) is 0 Å². The Morgan fingerprint density at radius 2 is 1.64 bits per heavy atom. The molecule has 25 heavy (non-hydrogen) atoms. The smallest absolute Gasteiger partial charge is 0.311 e. The van der Waals surface area contributed by atoms with Gasteiger partial charge in [-0.05, 0) is 18.4 Å². The molecule has 1 aliphatic heterocycles. The number of likely N-dealkylation sites (N-methyl/N-ethyl adjacent to an activating group) is 1. The molecule has 1 aromatic carbocycles. The van der Waals surface area contributed by atoms with E-state index in [2.05, 4.69) is 38.1 Å². The summed E-state index contributed by atoms with van der Waals surface area (Å²) in [6.07, 6.45) is 2.20. The maximum atomic E-state index is 12.3. The molecule has 1 unspecified atom stereocenters. The third-order valence-electron chi connectivity index (χ3n) is 5.04. The second kappa shape index (κ2) is 6.96. The number of hydrogen-bond donors (Lipinski definition) is 1. The average molecular weight is 344 g/mol. The van der Waals surface area contributed by atoms with Crippen molar-refractivity contribution in [3.8, 4) is 0 Å². The Morgan fingerprint density at radius 3 is 2.12 bits per heavy atom.